The number of anilines is 1. The Morgan fingerprint density at radius 2 is 2.47 bits per heavy atom. The maximum absolute atomic E-state index is 11.5. The van der Waals surface area contributed by atoms with Crippen molar-refractivity contribution < 1.29 is 9.32 Å². The van der Waals surface area contributed by atoms with Crippen molar-refractivity contribution in [3.05, 3.63) is 18.0 Å². The average Bonchev–Trinajstić information content (AvgIpc) is 2.87. The summed E-state index contributed by atoms with van der Waals surface area (Å²) < 4.78 is 5.48. The molecule has 1 amide bonds. The highest BCUT2D eigenvalue weighted by atomic mass is 32.2. The molecule has 0 aliphatic heterocycles. The van der Waals surface area contributed by atoms with Crippen LogP contribution < -0.4 is 5.32 Å². The van der Waals surface area contributed by atoms with Gasteiger partial charge in [-0.25, -0.2) is 0 Å². The second-order valence-electron chi connectivity index (χ2n) is 2.41. The molecule has 0 saturated carbocycles. The predicted molar refractivity (Wildman–Crippen MR) is 56.1 cm³/mol. The number of amides is 1. The van der Waals surface area contributed by atoms with Gasteiger partial charge < -0.3 is 4.52 Å². The standard InChI is InChI=1S/C7H6N4O2S2/c1-14-7-11-10-6(15-7)9-5(12)4-2-3-8-13-4/h2-3H,1H3,(H,9,10,12). The molecule has 0 aliphatic rings. The molecule has 2 rings (SSSR count). The summed E-state index contributed by atoms with van der Waals surface area (Å²) in [5, 5.41) is 14.1. The van der Waals surface area contributed by atoms with Crippen molar-refractivity contribution >= 4 is 34.1 Å². The van der Waals surface area contributed by atoms with Gasteiger partial charge >= 0.3 is 0 Å². The van der Waals surface area contributed by atoms with Gasteiger partial charge in [-0.1, -0.05) is 28.3 Å². The molecular formula is C7H6N4O2S2. The number of carbonyl (C=O) groups is 1. The Morgan fingerprint density at radius 3 is 3.07 bits per heavy atom. The molecule has 0 saturated heterocycles. The van der Waals surface area contributed by atoms with Crippen LogP contribution in [-0.4, -0.2) is 27.5 Å². The molecule has 1 N–H and O–H groups in total. The minimum Gasteiger partial charge on any atom is -0.351 e. The van der Waals surface area contributed by atoms with Crippen LogP contribution in [0.4, 0.5) is 5.13 Å². The van der Waals surface area contributed by atoms with Crippen LogP contribution in [0.3, 0.4) is 0 Å². The third kappa shape index (κ3) is 2.34. The second-order valence-corrected chi connectivity index (χ2v) is 4.44. The number of nitrogens with one attached hydrogen (secondary N) is 1. The molecule has 2 heterocycles. The Bertz CT molecular complexity index is 453. The van der Waals surface area contributed by atoms with Gasteiger partial charge in [0.05, 0.1) is 6.20 Å². The van der Waals surface area contributed by atoms with E-state index < -0.39 is 0 Å². The third-order valence-electron chi connectivity index (χ3n) is 1.46. The summed E-state index contributed by atoms with van der Waals surface area (Å²) in [5.41, 5.74) is 0. The fourth-order valence-corrected chi connectivity index (χ4v) is 2.00. The van der Waals surface area contributed by atoms with E-state index >= 15 is 0 Å². The minimum absolute atomic E-state index is 0.149. The molecule has 0 atom stereocenters. The molecule has 0 unspecified atom stereocenters. The van der Waals surface area contributed by atoms with Crippen molar-refractivity contribution in [1.82, 2.24) is 15.4 Å². The zero-order chi connectivity index (χ0) is 10.7. The second kappa shape index (κ2) is 4.41. The van der Waals surface area contributed by atoms with Gasteiger partial charge in [-0.15, -0.1) is 10.2 Å². The molecule has 78 valence electrons. The van der Waals surface area contributed by atoms with E-state index in [0.29, 0.717) is 5.13 Å². The highest BCUT2D eigenvalue weighted by Gasteiger charge is 2.12. The Kier molecular flexibility index (Phi) is 2.97. The van der Waals surface area contributed by atoms with Gasteiger partial charge in [0.15, 0.2) is 4.34 Å². The maximum atomic E-state index is 11.5. The Balaban J connectivity index is 2.06. The van der Waals surface area contributed by atoms with E-state index in [1.165, 1.54) is 35.4 Å². The van der Waals surface area contributed by atoms with Gasteiger partial charge in [-0.05, 0) is 6.26 Å². The molecule has 8 heteroatoms. The van der Waals surface area contributed by atoms with Crippen LogP contribution in [0.5, 0.6) is 0 Å². The van der Waals surface area contributed by atoms with Gasteiger partial charge in [0.2, 0.25) is 10.9 Å². The summed E-state index contributed by atoms with van der Waals surface area (Å²) in [6.07, 6.45) is 3.30. The van der Waals surface area contributed by atoms with Gasteiger partial charge in [0.1, 0.15) is 0 Å². The summed E-state index contributed by atoms with van der Waals surface area (Å²) in [6.45, 7) is 0. The zero-order valence-corrected chi connectivity index (χ0v) is 9.26. The van der Waals surface area contributed by atoms with Crippen LogP contribution in [0.25, 0.3) is 0 Å². The smallest absolute Gasteiger partial charge is 0.296 e. The monoisotopic (exact) mass is 242 g/mol. The summed E-state index contributed by atoms with van der Waals surface area (Å²) in [5.74, 6) is -0.229. The number of carbonyl (C=O) groups excluding carboxylic acids is 1. The highest BCUT2D eigenvalue weighted by Crippen LogP contribution is 2.23. The largest absolute Gasteiger partial charge is 0.351 e. The SMILES string of the molecule is CSc1nnc(NC(=O)c2ccno2)s1. The lowest BCUT2D eigenvalue weighted by molar-refractivity contribution is 0.0988. The summed E-state index contributed by atoms with van der Waals surface area (Å²) >= 11 is 2.78. The van der Waals surface area contributed by atoms with Crippen molar-refractivity contribution in [2.24, 2.45) is 0 Å². The molecule has 0 fully saturated rings. The summed E-state index contributed by atoms with van der Waals surface area (Å²) in [6, 6.07) is 1.48. The average molecular weight is 242 g/mol. The first kappa shape index (κ1) is 10.1. The van der Waals surface area contributed by atoms with Crippen molar-refractivity contribution in [3.8, 4) is 0 Å². The number of aromatic nitrogens is 3. The summed E-state index contributed by atoms with van der Waals surface area (Å²) in [7, 11) is 0. The van der Waals surface area contributed by atoms with E-state index in [4.69, 9.17) is 0 Å². The molecule has 2 aromatic heterocycles. The van der Waals surface area contributed by atoms with E-state index in [9.17, 15) is 4.79 Å². The van der Waals surface area contributed by atoms with E-state index in [-0.39, 0.29) is 11.7 Å². The molecule has 15 heavy (non-hydrogen) atoms. The van der Waals surface area contributed by atoms with Crippen molar-refractivity contribution in [2.45, 2.75) is 4.34 Å². The summed E-state index contributed by atoms with van der Waals surface area (Å²) in [4.78, 5) is 11.5. The molecule has 6 nitrogen and oxygen atoms in total. The number of hydrogen-bond acceptors (Lipinski definition) is 7. The Morgan fingerprint density at radius 1 is 1.60 bits per heavy atom. The van der Waals surface area contributed by atoms with E-state index in [2.05, 4.69) is 25.2 Å². The topological polar surface area (TPSA) is 80.9 Å². The first-order valence-electron chi connectivity index (χ1n) is 3.89. The molecule has 0 bridgehead atoms. The number of rotatable bonds is 3. The number of hydrogen-bond donors (Lipinski definition) is 1. The normalized spacial score (nSPS) is 10.2. The maximum Gasteiger partial charge on any atom is 0.296 e. The van der Waals surface area contributed by atoms with Crippen molar-refractivity contribution in [1.29, 1.82) is 0 Å². The fourth-order valence-electron chi connectivity index (χ4n) is 0.834. The zero-order valence-electron chi connectivity index (χ0n) is 7.63. The van der Waals surface area contributed by atoms with Crippen LogP contribution in [-0.2, 0) is 0 Å². The lowest BCUT2D eigenvalue weighted by Gasteiger charge is -1.94. The molecule has 2 aromatic rings. The first-order valence-corrected chi connectivity index (χ1v) is 5.93. The van der Waals surface area contributed by atoms with E-state index in [1.54, 1.807) is 0 Å². The fraction of sp³-hybridized carbons (Fsp3) is 0.143. The lowest BCUT2D eigenvalue weighted by Crippen LogP contribution is -2.10. The Hall–Kier alpha value is -1.41. The van der Waals surface area contributed by atoms with Crippen LogP contribution in [0.15, 0.2) is 21.1 Å². The van der Waals surface area contributed by atoms with Crippen LogP contribution >= 0.6 is 23.1 Å². The van der Waals surface area contributed by atoms with Gasteiger partial charge in [-0.3, -0.25) is 10.1 Å². The molecule has 0 aromatic carbocycles. The Labute approximate surface area is 93.1 Å². The van der Waals surface area contributed by atoms with Gasteiger partial charge in [0.25, 0.3) is 5.91 Å². The highest BCUT2D eigenvalue weighted by molar-refractivity contribution is 8.00. The number of thioether (sulfide) groups is 1. The quantitative estimate of drug-likeness (QED) is 0.649. The minimum atomic E-state index is -0.378. The van der Waals surface area contributed by atoms with Crippen LogP contribution in [0.1, 0.15) is 10.6 Å². The van der Waals surface area contributed by atoms with Gasteiger partial charge in [0, 0.05) is 6.07 Å². The third-order valence-corrected chi connectivity index (χ3v) is 3.28. The van der Waals surface area contributed by atoms with Crippen molar-refractivity contribution in [3.63, 3.8) is 0 Å². The molecule has 0 spiro atoms. The van der Waals surface area contributed by atoms with E-state index in [0.717, 1.165) is 4.34 Å². The molecular weight excluding hydrogens is 236 g/mol. The van der Waals surface area contributed by atoms with Crippen LogP contribution in [0.2, 0.25) is 0 Å². The lowest BCUT2D eigenvalue weighted by atomic mass is 10.4. The molecule has 0 radical (unpaired) electrons. The van der Waals surface area contributed by atoms with Gasteiger partial charge in [-0.2, -0.15) is 0 Å². The predicted octanol–water partition coefficient (Wildman–Crippen LogP) is 1.50. The van der Waals surface area contributed by atoms with Crippen LogP contribution in [0, 0.1) is 0 Å². The van der Waals surface area contributed by atoms with Crippen molar-refractivity contribution in [2.75, 3.05) is 11.6 Å². The van der Waals surface area contributed by atoms with E-state index in [1.807, 2.05) is 6.26 Å². The number of nitrogens with zero attached hydrogens (tertiary/aromatic N) is 3. The first-order chi connectivity index (χ1) is 7.29. The molecule has 0 aliphatic carbocycles.